The zero-order valence-corrected chi connectivity index (χ0v) is 10.3. The molecule has 0 saturated heterocycles. The molecule has 0 aliphatic carbocycles. The Labute approximate surface area is 101 Å². The number of carbonyl (C=O) groups is 1. The second-order valence-corrected chi connectivity index (χ2v) is 5.02. The molecule has 1 aromatic rings. The Balaban J connectivity index is 2.57. The molecule has 4 heteroatoms. The second-order valence-electron chi connectivity index (χ2n) is 5.02. The smallest absolute Gasteiger partial charge is 0.279 e. The summed E-state index contributed by atoms with van der Waals surface area (Å²) in [4.78, 5) is 17.9. The number of hydrogen-bond acceptors (Lipinski definition) is 3. The maximum atomic E-state index is 12.1. The fourth-order valence-corrected chi connectivity index (χ4v) is 1.85. The van der Waals surface area contributed by atoms with Gasteiger partial charge >= 0.3 is 0 Å². The Morgan fingerprint density at radius 2 is 1.94 bits per heavy atom. The summed E-state index contributed by atoms with van der Waals surface area (Å²) >= 11 is 0. The quantitative estimate of drug-likeness (QED) is 0.799. The molecule has 0 saturated carbocycles. The van der Waals surface area contributed by atoms with Gasteiger partial charge in [-0.15, -0.1) is 0 Å². The minimum atomic E-state index is -0.320. The topological polar surface area (TPSA) is 52.9 Å². The van der Waals surface area contributed by atoms with Crippen LogP contribution in [-0.4, -0.2) is 29.0 Å². The van der Waals surface area contributed by atoms with E-state index < -0.39 is 0 Å². The molecule has 1 aromatic carbocycles. The normalized spacial score (nSPS) is 17.8. The number of hydrogen-bond donors (Lipinski definition) is 1. The van der Waals surface area contributed by atoms with Gasteiger partial charge in [0.15, 0.2) is 0 Å². The molecule has 0 fully saturated rings. The third-order valence-electron chi connectivity index (χ3n) is 2.49. The number of anilines is 1. The highest BCUT2D eigenvalue weighted by molar-refractivity contribution is 6.54. The highest BCUT2D eigenvalue weighted by Gasteiger charge is 2.33. The molecule has 0 aromatic heterocycles. The number of amides is 1. The molecule has 1 amide bonds. The Kier molecular flexibility index (Phi) is 2.75. The average Bonchev–Trinajstić information content (AvgIpc) is 2.50. The van der Waals surface area contributed by atoms with Crippen LogP contribution in [0, 0.1) is 0 Å². The summed E-state index contributed by atoms with van der Waals surface area (Å²) in [5.74, 6) is -0.233. The first-order valence-corrected chi connectivity index (χ1v) is 5.56. The summed E-state index contributed by atoms with van der Waals surface area (Å²) in [6, 6.07) is 7.38. The van der Waals surface area contributed by atoms with Gasteiger partial charge in [0.2, 0.25) is 0 Å². The van der Waals surface area contributed by atoms with E-state index in [0.29, 0.717) is 5.71 Å². The molecule has 1 aliphatic heterocycles. The monoisotopic (exact) mass is 232 g/mol. The van der Waals surface area contributed by atoms with Gasteiger partial charge < -0.3 is 5.11 Å². The Morgan fingerprint density at radius 1 is 1.29 bits per heavy atom. The van der Waals surface area contributed by atoms with Crippen molar-refractivity contribution in [3.63, 3.8) is 0 Å². The standard InChI is InChI=1S/C13H16N2O2/c1-13(2,3)14-11-9-6-4-5-7-10(9)15(8-16)12(11)17/h4-7,16H,8H2,1-3H3. The van der Waals surface area contributed by atoms with Crippen molar-refractivity contribution >= 4 is 17.3 Å². The molecule has 0 atom stereocenters. The number of carbonyl (C=O) groups excluding carboxylic acids is 1. The van der Waals surface area contributed by atoms with Crippen LogP contribution in [0.2, 0.25) is 0 Å². The lowest BCUT2D eigenvalue weighted by molar-refractivity contribution is -0.112. The maximum absolute atomic E-state index is 12.1. The van der Waals surface area contributed by atoms with Gasteiger partial charge in [-0.2, -0.15) is 0 Å². The average molecular weight is 232 g/mol. The van der Waals surface area contributed by atoms with Crippen LogP contribution in [0.5, 0.6) is 0 Å². The zero-order valence-electron chi connectivity index (χ0n) is 10.3. The van der Waals surface area contributed by atoms with Gasteiger partial charge in [-0.25, -0.2) is 0 Å². The fourth-order valence-electron chi connectivity index (χ4n) is 1.85. The molecule has 1 N–H and O–H groups in total. The summed E-state index contributed by atoms with van der Waals surface area (Å²) in [7, 11) is 0. The van der Waals surface area contributed by atoms with E-state index in [-0.39, 0.29) is 18.2 Å². The van der Waals surface area contributed by atoms with Crippen molar-refractivity contribution in [1.82, 2.24) is 0 Å². The number of fused-ring (bicyclic) bond motifs is 1. The Hall–Kier alpha value is -1.68. The van der Waals surface area contributed by atoms with E-state index in [1.54, 1.807) is 0 Å². The van der Waals surface area contributed by atoms with Crippen LogP contribution in [0.1, 0.15) is 26.3 Å². The minimum Gasteiger partial charge on any atom is -0.376 e. The van der Waals surface area contributed by atoms with E-state index in [9.17, 15) is 9.90 Å². The van der Waals surface area contributed by atoms with Gasteiger partial charge in [0, 0.05) is 5.56 Å². The third kappa shape index (κ3) is 2.08. The van der Waals surface area contributed by atoms with E-state index in [2.05, 4.69) is 4.99 Å². The number of benzene rings is 1. The van der Waals surface area contributed by atoms with Crippen LogP contribution in [0.4, 0.5) is 5.69 Å². The highest BCUT2D eigenvalue weighted by Crippen LogP contribution is 2.29. The highest BCUT2D eigenvalue weighted by atomic mass is 16.3. The van der Waals surface area contributed by atoms with Gasteiger partial charge in [-0.1, -0.05) is 18.2 Å². The number of aliphatic hydroxyl groups excluding tert-OH is 1. The van der Waals surface area contributed by atoms with Gasteiger partial charge in [0.1, 0.15) is 12.4 Å². The van der Waals surface area contributed by atoms with Gasteiger partial charge in [-0.05, 0) is 26.8 Å². The Morgan fingerprint density at radius 3 is 2.53 bits per heavy atom. The van der Waals surface area contributed by atoms with Gasteiger partial charge in [-0.3, -0.25) is 14.7 Å². The summed E-state index contributed by atoms with van der Waals surface area (Å²) in [6.45, 7) is 5.51. The Bertz CT molecular complexity index is 486. The molecule has 2 rings (SSSR count). The van der Waals surface area contributed by atoms with Crippen LogP contribution in [-0.2, 0) is 4.79 Å². The van der Waals surface area contributed by atoms with Crippen molar-refractivity contribution in [1.29, 1.82) is 0 Å². The molecule has 1 heterocycles. The summed E-state index contributed by atoms with van der Waals surface area (Å²) < 4.78 is 0. The molecule has 90 valence electrons. The maximum Gasteiger partial charge on any atom is 0.279 e. The summed E-state index contributed by atoms with van der Waals surface area (Å²) in [5, 5.41) is 9.25. The van der Waals surface area contributed by atoms with E-state index in [1.807, 2.05) is 45.0 Å². The van der Waals surface area contributed by atoms with Crippen molar-refractivity contribution in [3.05, 3.63) is 29.8 Å². The van der Waals surface area contributed by atoms with Crippen LogP contribution in [0.25, 0.3) is 0 Å². The molecule has 0 bridgehead atoms. The second kappa shape index (κ2) is 3.96. The SMILES string of the molecule is CC(C)(C)N=C1C(=O)N(CO)c2ccccc21. The predicted octanol–water partition coefficient (Wildman–Crippen LogP) is 1.57. The number of para-hydroxylation sites is 1. The van der Waals surface area contributed by atoms with Gasteiger partial charge in [0.05, 0.1) is 11.2 Å². The van der Waals surface area contributed by atoms with E-state index in [0.717, 1.165) is 11.3 Å². The van der Waals surface area contributed by atoms with Crippen LogP contribution < -0.4 is 4.90 Å². The lowest BCUT2D eigenvalue weighted by Crippen LogP contribution is -2.32. The molecular weight excluding hydrogens is 216 g/mol. The summed E-state index contributed by atoms with van der Waals surface area (Å²) in [6.07, 6.45) is 0. The molecule has 1 aliphatic rings. The predicted molar refractivity (Wildman–Crippen MR) is 67.3 cm³/mol. The van der Waals surface area contributed by atoms with Crippen molar-refractivity contribution in [2.75, 3.05) is 11.6 Å². The van der Waals surface area contributed by atoms with Crippen molar-refractivity contribution in [2.24, 2.45) is 4.99 Å². The zero-order chi connectivity index (χ0) is 12.6. The minimum absolute atomic E-state index is 0.233. The van der Waals surface area contributed by atoms with Crippen LogP contribution in [0.3, 0.4) is 0 Å². The third-order valence-corrected chi connectivity index (χ3v) is 2.49. The molecular formula is C13H16N2O2. The number of aliphatic imine (C=N–C) groups is 1. The molecule has 17 heavy (non-hydrogen) atoms. The van der Waals surface area contributed by atoms with Crippen LogP contribution in [0.15, 0.2) is 29.3 Å². The molecule has 0 unspecified atom stereocenters. The largest absolute Gasteiger partial charge is 0.376 e. The van der Waals surface area contributed by atoms with Gasteiger partial charge in [0.25, 0.3) is 5.91 Å². The fraction of sp³-hybridized carbons (Fsp3) is 0.385. The lowest BCUT2D eigenvalue weighted by atomic mass is 10.1. The van der Waals surface area contributed by atoms with Crippen molar-refractivity contribution < 1.29 is 9.90 Å². The van der Waals surface area contributed by atoms with E-state index in [4.69, 9.17) is 0 Å². The molecule has 0 spiro atoms. The van der Waals surface area contributed by atoms with E-state index >= 15 is 0 Å². The summed E-state index contributed by atoms with van der Waals surface area (Å²) in [5.41, 5.74) is 1.63. The molecule has 0 radical (unpaired) electrons. The van der Waals surface area contributed by atoms with E-state index in [1.165, 1.54) is 4.90 Å². The number of rotatable bonds is 1. The number of aliphatic hydroxyl groups is 1. The van der Waals surface area contributed by atoms with Crippen LogP contribution >= 0.6 is 0 Å². The molecule has 4 nitrogen and oxygen atoms in total. The number of nitrogens with zero attached hydrogens (tertiary/aromatic N) is 2. The lowest BCUT2D eigenvalue weighted by Gasteiger charge is -2.14. The van der Waals surface area contributed by atoms with Crippen molar-refractivity contribution in [2.45, 2.75) is 26.3 Å². The first-order valence-electron chi connectivity index (χ1n) is 5.56. The first kappa shape index (κ1) is 11.8. The van der Waals surface area contributed by atoms with Crippen molar-refractivity contribution in [3.8, 4) is 0 Å². The first-order chi connectivity index (χ1) is 7.94.